The van der Waals surface area contributed by atoms with Crippen molar-refractivity contribution in [2.75, 3.05) is 9.80 Å². The minimum Gasteiger partial charge on any atom is -0.275 e. The molecule has 3 heterocycles. The lowest BCUT2D eigenvalue weighted by molar-refractivity contribution is 1.05. The molecule has 0 bridgehead atoms. The first-order valence-corrected chi connectivity index (χ1v) is 15.2. The van der Waals surface area contributed by atoms with Crippen molar-refractivity contribution < 1.29 is 0 Å². The van der Waals surface area contributed by atoms with Crippen molar-refractivity contribution in [1.29, 1.82) is 0 Å². The molecule has 0 aliphatic carbocycles. The Morgan fingerprint density at radius 2 is 0.761 bits per heavy atom. The van der Waals surface area contributed by atoms with Crippen LogP contribution in [0.15, 0.2) is 158 Å². The van der Waals surface area contributed by atoms with Gasteiger partial charge < -0.3 is 0 Å². The second kappa shape index (κ2) is 10.6. The molecule has 1 aliphatic heterocycles. The summed E-state index contributed by atoms with van der Waals surface area (Å²) >= 11 is 0. The molecule has 0 atom stereocenters. The average molecular weight is 591 g/mol. The van der Waals surface area contributed by atoms with Gasteiger partial charge in [0.1, 0.15) is 0 Å². The van der Waals surface area contributed by atoms with Gasteiger partial charge in [-0.05, 0) is 58.7 Å². The Bertz CT molecular complexity index is 2300. The molecule has 2 aromatic heterocycles. The highest BCUT2D eigenvalue weighted by atomic mass is 15.4. The Hall–Kier alpha value is -6.40. The second-order valence-corrected chi connectivity index (χ2v) is 11.3. The van der Waals surface area contributed by atoms with Gasteiger partial charge in [-0.3, -0.25) is 9.80 Å². The van der Waals surface area contributed by atoms with Crippen LogP contribution in [0.3, 0.4) is 0 Å². The van der Waals surface area contributed by atoms with Gasteiger partial charge in [0.05, 0.1) is 33.8 Å². The second-order valence-electron chi connectivity index (χ2n) is 11.3. The summed E-state index contributed by atoms with van der Waals surface area (Å²) < 4.78 is 0. The van der Waals surface area contributed by atoms with Crippen molar-refractivity contribution in [3.05, 3.63) is 158 Å². The van der Waals surface area contributed by atoms with Gasteiger partial charge in [0.15, 0.2) is 0 Å². The molecule has 0 saturated heterocycles. The van der Waals surface area contributed by atoms with Gasteiger partial charge in [0.2, 0.25) is 11.9 Å². The van der Waals surface area contributed by atoms with Crippen LogP contribution in [0.2, 0.25) is 0 Å². The quantitative estimate of drug-likeness (QED) is 0.203. The van der Waals surface area contributed by atoms with Crippen LogP contribution in [0.25, 0.3) is 44.1 Å². The molecule has 0 radical (unpaired) electrons. The Morgan fingerprint density at radius 3 is 1.24 bits per heavy atom. The summed E-state index contributed by atoms with van der Waals surface area (Å²) in [6.45, 7) is 0. The molecule has 6 aromatic carbocycles. The first kappa shape index (κ1) is 26.0. The van der Waals surface area contributed by atoms with Crippen LogP contribution in [0.5, 0.6) is 0 Å². The van der Waals surface area contributed by atoms with Crippen LogP contribution in [-0.4, -0.2) is 19.9 Å². The molecule has 0 unspecified atom stereocenters. The maximum atomic E-state index is 5.11. The van der Waals surface area contributed by atoms with E-state index in [1.54, 1.807) is 0 Å². The number of fused-ring (bicyclic) bond motifs is 4. The highest BCUT2D eigenvalue weighted by Crippen LogP contribution is 2.54. The Balaban J connectivity index is 1.34. The predicted molar refractivity (Wildman–Crippen MR) is 186 cm³/mol. The molecule has 216 valence electrons. The van der Waals surface area contributed by atoms with Crippen LogP contribution >= 0.6 is 0 Å². The van der Waals surface area contributed by atoms with Gasteiger partial charge in [-0.2, -0.15) is 0 Å². The fourth-order valence-electron chi connectivity index (χ4n) is 6.23. The number of aromatic nitrogens is 4. The molecule has 9 rings (SSSR count). The van der Waals surface area contributed by atoms with Crippen LogP contribution in [0.1, 0.15) is 0 Å². The van der Waals surface area contributed by atoms with E-state index in [1.807, 2.05) is 73.1 Å². The van der Waals surface area contributed by atoms with E-state index in [0.29, 0.717) is 11.9 Å². The van der Waals surface area contributed by atoms with Crippen LogP contribution < -0.4 is 9.80 Å². The van der Waals surface area contributed by atoms with Gasteiger partial charge in [0.25, 0.3) is 0 Å². The van der Waals surface area contributed by atoms with Crippen molar-refractivity contribution in [3.8, 4) is 22.3 Å². The number of hydrogen-bond acceptors (Lipinski definition) is 6. The third kappa shape index (κ3) is 4.35. The molecular formula is C40H26N6. The van der Waals surface area contributed by atoms with E-state index in [-0.39, 0.29) is 0 Å². The molecule has 0 amide bonds. The molecule has 46 heavy (non-hydrogen) atoms. The maximum Gasteiger partial charge on any atom is 0.235 e. The monoisotopic (exact) mass is 590 g/mol. The van der Waals surface area contributed by atoms with E-state index in [9.17, 15) is 0 Å². The molecule has 6 nitrogen and oxygen atoms in total. The Morgan fingerprint density at radius 1 is 0.348 bits per heavy atom. The lowest BCUT2D eigenvalue weighted by atomic mass is 9.98. The minimum absolute atomic E-state index is 0.593. The number of para-hydroxylation sites is 2. The number of anilines is 6. The number of benzene rings is 6. The summed E-state index contributed by atoms with van der Waals surface area (Å²) in [5.41, 5.74) is 9.95. The van der Waals surface area contributed by atoms with E-state index in [2.05, 4.69) is 94.7 Å². The van der Waals surface area contributed by atoms with Crippen LogP contribution in [0, 0.1) is 0 Å². The van der Waals surface area contributed by atoms with Crippen LogP contribution in [0.4, 0.5) is 34.6 Å². The van der Waals surface area contributed by atoms with Gasteiger partial charge in [-0.1, -0.05) is 109 Å². The summed E-state index contributed by atoms with van der Waals surface area (Å²) in [7, 11) is 0. The maximum absolute atomic E-state index is 5.11. The van der Waals surface area contributed by atoms with E-state index in [4.69, 9.17) is 19.9 Å². The highest BCUT2D eigenvalue weighted by molar-refractivity contribution is 6.02. The summed E-state index contributed by atoms with van der Waals surface area (Å²) in [6.07, 6.45) is 3.80. The minimum atomic E-state index is 0.593. The summed E-state index contributed by atoms with van der Waals surface area (Å²) in [5, 5.41) is 1.99. The molecular weight excluding hydrogens is 564 g/mol. The van der Waals surface area contributed by atoms with E-state index in [0.717, 1.165) is 66.8 Å². The Kier molecular flexibility index (Phi) is 6.03. The third-order valence-electron chi connectivity index (χ3n) is 8.48. The van der Waals surface area contributed by atoms with Gasteiger partial charge in [-0.15, -0.1) is 0 Å². The summed E-state index contributed by atoms with van der Waals surface area (Å²) in [5.74, 6) is 1.19. The first-order valence-electron chi connectivity index (χ1n) is 15.2. The summed E-state index contributed by atoms with van der Waals surface area (Å²) in [4.78, 5) is 24.3. The molecule has 1 aliphatic rings. The fourth-order valence-corrected chi connectivity index (χ4v) is 6.23. The summed E-state index contributed by atoms with van der Waals surface area (Å²) in [6, 6.07) is 50.1. The highest BCUT2D eigenvalue weighted by Gasteiger charge is 2.34. The van der Waals surface area contributed by atoms with Gasteiger partial charge >= 0.3 is 0 Å². The molecule has 6 heteroatoms. The normalized spacial score (nSPS) is 12.3. The standard InChI is InChI=1S/C40H26N6/c1-3-11-27(12-4-1)29-19-21-35-37(23-29)46(40-42-26-32-16-8-10-18-34(32)44-40)38-24-30(28-13-5-2-6-14-28)20-22-36(38)45(35)39-41-25-31-15-7-9-17-33(31)43-39/h1-26H. The lowest BCUT2D eigenvalue weighted by Gasteiger charge is -2.38. The number of hydrogen-bond donors (Lipinski definition) is 0. The SMILES string of the molecule is c1ccc(-c2ccc3c(c2)N(c2ncc4ccccc4n2)c2cc(-c4ccccc4)ccc2N3c2ncc3ccccc3n2)cc1. The van der Waals surface area contributed by atoms with Crippen molar-refractivity contribution >= 4 is 56.5 Å². The largest absolute Gasteiger partial charge is 0.275 e. The lowest BCUT2D eigenvalue weighted by Crippen LogP contribution is -2.26. The van der Waals surface area contributed by atoms with E-state index < -0.39 is 0 Å². The average Bonchev–Trinajstić information content (AvgIpc) is 3.13. The predicted octanol–water partition coefficient (Wildman–Crippen LogP) is 10.2. The zero-order valence-electron chi connectivity index (χ0n) is 24.7. The molecule has 8 aromatic rings. The topological polar surface area (TPSA) is 58.0 Å². The van der Waals surface area contributed by atoms with E-state index in [1.165, 1.54) is 0 Å². The van der Waals surface area contributed by atoms with Crippen molar-refractivity contribution in [2.45, 2.75) is 0 Å². The smallest absolute Gasteiger partial charge is 0.235 e. The zero-order chi connectivity index (χ0) is 30.5. The van der Waals surface area contributed by atoms with Crippen molar-refractivity contribution in [1.82, 2.24) is 19.9 Å². The Labute approximate surface area is 265 Å². The van der Waals surface area contributed by atoms with Gasteiger partial charge in [0, 0.05) is 23.2 Å². The fraction of sp³-hybridized carbons (Fsp3) is 0. The molecule has 0 N–H and O–H groups in total. The van der Waals surface area contributed by atoms with E-state index >= 15 is 0 Å². The number of rotatable bonds is 4. The zero-order valence-corrected chi connectivity index (χ0v) is 24.7. The van der Waals surface area contributed by atoms with Crippen molar-refractivity contribution in [3.63, 3.8) is 0 Å². The molecule has 0 saturated carbocycles. The van der Waals surface area contributed by atoms with Crippen LogP contribution in [-0.2, 0) is 0 Å². The first-order chi connectivity index (χ1) is 22.8. The van der Waals surface area contributed by atoms with Crippen molar-refractivity contribution in [2.24, 2.45) is 0 Å². The molecule has 0 fully saturated rings. The number of nitrogens with zero attached hydrogens (tertiary/aromatic N) is 6. The molecule has 0 spiro atoms. The third-order valence-corrected chi connectivity index (χ3v) is 8.48. The van der Waals surface area contributed by atoms with Gasteiger partial charge in [-0.25, -0.2) is 19.9 Å².